The number of benzene rings is 1. The molecule has 0 saturated carbocycles. The lowest BCUT2D eigenvalue weighted by Crippen LogP contribution is -2.49. The van der Waals surface area contributed by atoms with Gasteiger partial charge >= 0.3 is 0 Å². The maximum Gasteiger partial charge on any atom is 0.239 e. The van der Waals surface area contributed by atoms with Gasteiger partial charge in [0.1, 0.15) is 5.82 Å². The fraction of sp³-hybridized carbons (Fsp3) is 0.357. The molecule has 1 aliphatic heterocycles. The van der Waals surface area contributed by atoms with Crippen LogP contribution < -0.4 is 10.6 Å². The Kier molecular flexibility index (Phi) is 4.15. The molecule has 2 aromatic rings. The minimum Gasteiger partial charge on any atom is -0.367 e. The molecule has 116 valence electrons. The third kappa shape index (κ3) is 3.14. The number of hydrogen-bond acceptors (Lipinski definition) is 5. The highest BCUT2D eigenvalue weighted by Crippen LogP contribution is 2.26. The summed E-state index contributed by atoms with van der Waals surface area (Å²) in [6.07, 6.45) is 0.191. The van der Waals surface area contributed by atoms with Crippen LogP contribution in [0.4, 0.5) is 11.6 Å². The van der Waals surface area contributed by atoms with E-state index in [9.17, 15) is 4.79 Å². The van der Waals surface area contributed by atoms with E-state index in [1.165, 1.54) is 0 Å². The monoisotopic (exact) mass is 320 g/mol. The molecule has 7 nitrogen and oxygen atoms in total. The quantitative estimate of drug-likeness (QED) is 0.878. The molecular formula is C14H17ClN6O. The molecule has 3 N–H and O–H groups in total. The van der Waals surface area contributed by atoms with Crippen LogP contribution in [0.25, 0.3) is 0 Å². The normalized spacial score (nSPS) is 15.1. The van der Waals surface area contributed by atoms with Crippen molar-refractivity contribution in [3.63, 3.8) is 0 Å². The van der Waals surface area contributed by atoms with Crippen molar-refractivity contribution in [3.05, 3.63) is 35.1 Å². The van der Waals surface area contributed by atoms with E-state index in [4.69, 9.17) is 17.3 Å². The fourth-order valence-corrected chi connectivity index (χ4v) is 2.80. The molecule has 1 aromatic carbocycles. The molecule has 0 spiro atoms. The summed E-state index contributed by atoms with van der Waals surface area (Å²) >= 11 is 6.21. The molecule has 1 saturated heterocycles. The van der Waals surface area contributed by atoms with Crippen molar-refractivity contribution in [2.75, 3.05) is 36.8 Å². The first kappa shape index (κ1) is 14.6. The van der Waals surface area contributed by atoms with Crippen molar-refractivity contribution in [2.45, 2.75) is 6.42 Å². The number of nitrogens with two attached hydrogens (primary N) is 1. The second-order valence-corrected chi connectivity index (χ2v) is 5.54. The van der Waals surface area contributed by atoms with Gasteiger partial charge in [0.15, 0.2) is 0 Å². The summed E-state index contributed by atoms with van der Waals surface area (Å²) in [7, 11) is 0. The molecule has 0 radical (unpaired) electrons. The maximum absolute atomic E-state index is 12.2. The zero-order valence-corrected chi connectivity index (χ0v) is 12.8. The first-order valence-corrected chi connectivity index (χ1v) is 7.45. The van der Waals surface area contributed by atoms with Crippen molar-refractivity contribution >= 4 is 29.1 Å². The Morgan fingerprint density at radius 3 is 2.64 bits per heavy atom. The van der Waals surface area contributed by atoms with Gasteiger partial charge < -0.3 is 15.5 Å². The van der Waals surface area contributed by atoms with E-state index < -0.39 is 0 Å². The van der Waals surface area contributed by atoms with E-state index in [-0.39, 0.29) is 18.3 Å². The molecule has 3 rings (SSSR count). The van der Waals surface area contributed by atoms with Gasteiger partial charge in [-0.1, -0.05) is 23.7 Å². The molecule has 0 atom stereocenters. The SMILES string of the molecule is Nc1n[nH]c(CC(=O)N2CCN(c3ccccc3Cl)CC2)n1. The van der Waals surface area contributed by atoms with Crippen LogP contribution in [-0.4, -0.2) is 52.2 Å². The smallest absolute Gasteiger partial charge is 0.239 e. The average Bonchev–Trinajstić information content (AvgIpc) is 2.93. The van der Waals surface area contributed by atoms with Gasteiger partial charge in [-0.3, -0.25) is 9.89 Å². The Morgan fingerprint density at radius 2 is 2.00 bits per heavy atom. The molecule has 1 amide bonds. The number of nitrogens with one attached hydrogen (secondary N) is 1. The Hall–Kier alpha value is -2.28. The molecule has 0 unspecified atom stereocenters. The first-order chi connectivity index (χ1) is 10.6. The minimum atomic E-state index is 0.0231. The molecule has 8 heteroatoms. The topological polar surface area (TPSA) is 91.1 Å². The van der Waals surface area contributed by atoms with E-state index in [1.807, 2.05) is 29.2 Å². The summed E-state index contributed by atoms with van der Waals surface area (Å²) in [5, 5.41) is 7.12. The van der Waals surface area contributed by atoms with Gasteiger partial charge in [-0.2, -0.15) is 4.98 Å². The summed E-state index contributed by atoms with van der Waals surface area (Å²) in [5.74, 6) is 0.678. The number of para-hydroxylation sites is 1. The number of hydrogen-bond donors (Lipinski definition) is 2. The second kappa shape index (κ2) is 6.23. The molecule has 0 bridgehead atoms. The highest BCUT2D eigenvalue weighted by Gasteiger charge is 2.23. The van der Waals surface area contributed by atoms with Gasteiger partial charge in [-0.15, -0.1) is 5.10 Å². The summed E-state index contributed by atoms with van der Waals surface area (Å²) in [5.41, 5.74) is 6.45. The third-order valence-corrected chi connectivity index (χ3v) is 4.01. The lowest BCUT2D eigenvalue weighted by Gasteiger charge is -2.36. The Morgan fingerprint density at radius 1 is 1.27 bits per heavy atom. The standard InChI is InChI=1S/C14H17ClN6O/c15-10-3-1-2-4-11(10)20-5-7-21(8-6-20)13(22)9-12-17-14(16)19-18-12/h1-4H,5-9H2,(H3,16,17,18,19). The number of nitrogen functional groups attached to an aromatic ring is 1. The molecule has 22 heavy (non-hydrogen) atoms. The predicted octanol–water partition coefficient (Wildman–Crippen LogP) is 0.932. The van der Waals surface area contributed by atoms with Crippen molar-refractivity contribution in [3.8, 4) is 0 Å². The van der Waals surface area contributed by atoms with Gasteiger partial charge in [0.25, 0.3) is 0 Å². The van der Waals surface area contributed by atoms with E-state index in [0.29, 0.717) is 18.9 Å². The third-order valence-electron chi connectivity index (χ3n) is 3.69. The number of nitrogens with zero attached hydrogens (tertiary/aromatic N) is 4. The van der Waals surface area contributed by atoms with Crippen LogP contribution in [0, 0.1) is 0 Å². The average molecular weight is 321 g/mol. The number of amides is 1. The maximum atomic E-state index is 12.2. The van der Waals surface area contributed by atoms with Crippen LogP contribution in [0.5, 0.6) is 0 Å². The highest BCUT2D eigenvalue weighted by atomic mass is 35.5. The molecular weight excluding hydrogens is 304 g/mol. The number of piperazine rings is 1. The van der Waals surface area contributed by atoms with Crippen LogP contribution in [-0.2, 0) is 11.2 Å². The van der Waals surface area contributed by atoms with Gasteiger partial charge in [-0.25, -0.2) is 0 Å². The summed E-state index contributed by atoms with van der Waals surface area (Å²) in [4.78, 5) is 20.2. The zero-order chi connectivity index (χ0) is 15.5. The van der Waals surface area contributed by atoms with E-state index >= 15 is 0 Å². The van der Waals surface area contributed by atoms with Crippen molar-refractivity contribution in [2.24, 2.45) is 0 Å². The predicted molar refractivity (Wildman–Crippen MR) is 84.7 cm³/mol. The van der Waals surface area contributed by atoms with Crippen molar-refractivity contribution < 1.29 is 4.79 Å². The zero-order valence-electron chi connectivity index (χ0n) is 12.0. The Balaban J connectivity index is 1.57. The lowest BCUT2D eigenvalue weighted by molar-refractivity contribution is -0.130. The van der Waals surface area contributed by atoms with Gasteiger partial charge in [0.05, 0.1) is 17.1 Å². The molecule has 0 aliphatic carbocycles. The Bertz CT molecular complexity index is 665. The molecule has 1 aromatic heterocycles. The summed E-state index contributed by atoms with van der Waals surface area (Å²) in [6.45, 7) is 2.84. The minimum absolute atomic E-state index is 0.0231. The molecule has 1 aliphatic rings. The lowest BCUT2D eigenvalue weighted by atomic mass is 10.2. The number of carbonyl (C=O) groups excluding carboxylic acids is 1. The van der Waals surface area contributed by atoms with Crippen LogP contribution in [0.15, 0.2) is 24.3 Å². The van der Waals surface area contributed by atoms with Crippen LogP contribution in [0.3, 0.4) is 0 Å². The van der Waals surface area contributed by atoms with E-state index in [2.05, 4.69) is 20.1 Å². The summed E-state index contributed by atoms with van der Waals surface area (Å²) < 4.78 is 0. The van der Waals surface area contributed by atoms with Gasteiger partial charge in [0.2, 0.25) is 11.9 Å². The number of aromatic nitrogens is 3. The summed E-state index contributed by atoms with van der Waals surface area (Å²) in [6, 6.07) is 7.75. The van der Waals surface area contributed by atoms with Crippen LogP contribution in [0.2, 0.25) is 5.02 Å². The molecule has 2 heterocycles. The number of anilines is 2. The molecule has 1 fully saturated rings. The number of halogens is 1. The van der Waals surface area contributed by atoms with E-state index in [1.54, 1.807) is 0 Å². The number of rotatable bonds is 3. The fourth-order valence-electron chi connectivity index (χ4n) is 2.55. The number of H-pyrrole nitrogens is 1. The highest BCUT2D eigenvalue weighted by molar-refractivity contribution is 6.33. The van der Waals surface area contributed by atoms with Crippen molar-refractivity contribution in [1.82, 2.24) is 20.1 Å². The second-order valence-electron chi connectivity index (χ2n) is 5.14. The first-order valence-electron chi connectivity index (χ1n) is 7.07. The van der Waals surface area contributed by atoms with Gasteiger partial charge in [-0.05, 0) is 12.1 Å². The largest absolute Gasteiger partial charge is 0.367 e. The van der Waals surface area contributed by atoms with E-state index in [0.717, 1.165) is 23.8 Å². The number of aromatic amines is 1. The van der Waals surface area contributed by atoms with Gasteiger partial charge in [0, 0.05) is 26.2 Å². The van der Waals surface area contributed by atoms with Crippen LogP contribution >= 0.6 is 11.6 Å². The van der Waals surface area contributed by atoms with Crippen molar-refractivity contribution in [1.29, 1.82) is 0 Å². The number of carbonyl (C=O) groups is 1. The van der Waals surface area contributed by atoms with Crippen LogP contribution in [0.1, 0.15) is 5.82 Å². The Labute approximate surface area is 133 Å².